The van der Waals surface area contributed by atoms with Crippen molar-refractivity contribution in [1.29, 1.82) is 0 Å². The lowest BCUT2D eigenvalue weighted by Crippen LogP contribution is -2.22. The minimum Gasteiger partial charge on any atom is -0.313 e. The van der Waals surface area contributed by atoms with Crippen LogP contribution in [0.3, 0.4) is 0 Å². The normalized spacial score (nSPS) is 11.5. The first kappa shape index (κ1) is 18.6. The van der Waals surface area contributed by atoms with Gasteiger partial charge in [0.15, 0.2) is 11.2 Å². The molecule has 0 saturated carbocycles. The number of thiophene rings is 1. The van der Waals surface area contributed by atoms with Crippen molar-refractivity contribution < 1.29 is 4.39 Å². The maximum absolute atomic E-state index is 13.4. The number of nitrogens with zero attached hydrogens (tertiary/aromatic N) is 5. The Hall–Kier alpha value is -3.39. The Labute approximate surface area is 175 Å². The summed E-state index contributed by atoms with van der Waals surface area (Å²) < 4.78 is 16.7. The van der Waals surface area contributed by atoms with Crippen molar-refractivity contribution >= 4 is 28.0 Å². The first-order chi connectivity index (χ1) is 14.7. The summed E-state index contributed by atoms with van der Waals surface area (Å²) in [7, 11) is 0. The minimum atomic E-state index is -0.298. The topological polar surface area (TPSA) is 65.1 Å². The van der Waals surface area contributed by atoms with Gasteiger partial charge in [0.25, 0.3) is 5.56 Å². The monoisotopic (exact) mass is 419 g/mol. The van der Waals surface area contributed by atoms with Crippen molar-refractivity contribution in [3.63, 3.8) is 0 Å². The zero-order valence-corrected chi connectivity index (χ0v) is 17.1. The van der Waals surface area contributed by atoms with Crippen molar-refractivity contribution in [3.05, 3.63) is 80.8 Å². The van der Waals surface area contributed by atoms with E-state index in [0.717, 1.165) is 23.2 Å². The third kappa shape index (κ3) is 3.09. The van der Waals surface area contributed by atoms with Crippen LogP contribution in [0.15, 0.2) is 58.8 Å². The summed E-state index contributed by atoms with van der Waals surface area (Å²) in [6, 6.07) is 12.2. The van der Waals surface area contributed by atoms with E-state index in [4.69, 9.17) is 0 Å². The summed E-state index contributed by atoms with van der Waals surface area (Å²) >= 11 is 1.68. The highest BCUT2D eigenvalue weighted by molar-refractivity contribution is 7.09. The number of halogens is 1. The van der Waals surface area contributed by atoms with Gasteiger partial charge in [0.2, 0.25) is 0 Å². The van der Waals surface area contributed by atoms with E-state index < -0.39 is 0 Å². The Kier molecular flexibility index (Phi) is 4.63. The van der Waals surface area contributed by atoms with Crippen molar-refractivity contribution in [2.24, 2.45) is 0 Å². The van der Waals surface area contributed by atoms with Crippen molar-refractivity contribution in [2.45, 2.75) is 26.3 Å². The van der Waals surface area contributed by atoms with E-state index in [-0.39, 0.29) is 16.9 Å². The van der Waals surface area contributed by atoms with E-state index in [1.54, 1.807) is 38.7 Å². The van der Waals surface area contributed by atoms with Gasteiger partial charge in [0.05, 0.1) is 11.3 Å². The molecule has 0 saturated heterocycles. The number of aryl methyl sites for hydroxylation is 3. The van der Waals surface area contributed by atoms with E-state index >= 15 is 0 Å². The summed E-state index contributed by atoms with van der Waals surface area (Å²) in [5, 5.41) is 15.3. The summed E-state index contributed by atoms with van der Waals surface area (Å²) in [6.07, 6.45) is 3.24. The molecular weight excluding hydrogens is 401 g/mol. The second-order valence-electron chi connectivity index (χ2n) is 7.00. The molecular formula is C22H18FN5OS. The summed E-state index contributed by atoms with van der Waals surface area (Å²) in [5.74, 6) is -0.298. The summed E-state index contributed by atoms with van der Waals surface area (Å²) in [4.78, 5) is 14.2. The van der Waals surface area contributed by atoms with Gasteiger partial charge >= 0.3 is 0 Å². The molecule has 0 radical (unpaired) electrons. The Morgan fingerprint density at radius 2 is 1.93 bits per heavy atom. The number of fused-ring (bicyclic) bond motifs is 3. The van der Waals surface area contributed by atoms with E-state index in [1.807, 2.05) is 24.4 Å². The Balaban J connectivity index is 1.64. The summed E-state index contributed by atoms with van der Waals surface area (Å²) in [6.45, 7) is 2.58. The lowest BCUT2D eigenvalue weighted by atomic mass is 10.0. The van der Waals surface area contributed by atoms with Crippen LogP contribution >= 0.6 is 11.3 Å². The van der Waals surface area contributed by atoms with Crippen LogP contribution in [0.2, 0.25) is 0 Å². The lowest BCUT2D eigenvalue weighted by Gasteiger charge is -2.07. The number of aromatic nitrogens is 5. The predicted octanol–water partition coefficient (Wildman–Crippen LogP) is 4.11. The van der Waals surface area contributed by atoms with Crippen LogP contribution in [0.5, 0.6) is 0 Å². The standard InChI is InChI=1S/C22H18FN5OS/c1-2-17-19(14-5-7-15(23)8-6-14)21-25-24-20-18(28(21)26-17)10-12-27(22(20)29)11-9-16-4-3-13-30-16/h3-8,10,12-13H,2,9,11H2,1H3. The van der Waals surface area contributed by atoms with Crippen molar-refractivity contribution in [3.8, 4) is 11.1 Å². The fourth-order valence-electron chi connectivity index (χ4n) is 3.65. The Morgan fingerprint density at radius 1 is 1.10 bits per heavy atom. The molecule has 1 aromatic carbocycles. The molecule has 0 atom stereocenters. The largest absolute Gasteiger partial charge is 0.313 e. The van der Waals surface area contributed by atoms with Crippen LogP contribution in [-0.4, -0.2) is 24.4 Å². The molecule has 0 bridgehead atoms. The second kappa shape index (κ2) is 7.46. The van der Waals surface area contributed by atoms with Crippen LogP contribution in [0.25, 0.3) is 27.8 Å². The van der Waals surface area contributed by atoms with Crippen molar-refractivity contribution in [2.75, 3.05) is 0 Å². The molecule has 0 aliphatic carbocycles. The number of benzene rings is 1. The third-order valence-corrected chi connectivity index (χ3v) is 6.11. The Bertz CT molecular complexity index is 1400. The molecule has 30 heavy (non-hydrogen) atoms. The molecule has 6 nitrogen and oxygen atoms in total. The molecule has 0 fully saturated rings. The molecule has 150 valence electrons. The first-order valence-electron chi connectivity index (χ1n) is 9.71. The van der Waals surface area contributed by atoms with E-state index in [0.29, 0.717) is 24.1 Å². The van der Waals surface area contributed by atoms with Gasteiger partial charge in [-0.05, 0) is 48.1 Å². The highest BCUT2D eigenvalue weighted by Crippen LogP contribution is 2.29. The fourth-order valence-corrected chi connectivity index (χ4v) is 4.35. The predicted molar refractivity (Wildman–Crippen MR) is 115 cm³/mol. The molecule has 0 spiro atoms. The molecule has 0 aliphatic rings. The molecule has 0 unspecified atom stereocenters. The molecule has 0 aliphatic heterocycles. The quantitative estimate of drug-likeness (QED) is 0.430. The molecule has 8 heteroatoms. The van der Waals surface area contributed by atoms with Crippen LogP contribution in [-0.2, 0) is 19.4 Å². The molecule has 4 heterocycles. The average molecular weight is 419 g/mol. The van der Waals surface area contributed by atoms with Crippen LogP contribution in [0, 0.1) is 5.82 Å². The second-order valence-corrected chi connectivity index (χ2v) is 8.03. The molecule has 0 amide bonds. The summed E-state index contributed by atoms with van der Waals surface area (Å²) in [5.41, 5.74) is 3.73. The van der Waals surface area contributed by atoms with Gasteiger partial charge in [0.1, 0.15) is 11.3 Å². The smallest absolute Gasteiger partial charge is 0.280 e. The first-order valence-corrected chi connectivity index (χ1v) is 10.6. The molecule has 0 N–H and O–H groups in total. The van der Waals surface area contributed by atoms with E-state index in [9.17, 15) is 9.18 Å². The number of pyridine rings is 1. The fraction of sp³-hybridized carbons (Fsp3) is 0.182. The minimum absolute atomic E-state index is 0.185. The van der Waals surface area contributed by atoms with Gasteiger partial charge in [-0.3, -0.25) is 4.79 Å². The lowest BCUT2D eigenvalue weighted by molar-refractivity contribution is 0.628. The molecule has 5 rings (SSSR count). The van der Waals surface area contributed by atoms with Gasteiger partial charge in [0, 0.05) is 17.6 Å². The highest BCUT2D eigenvalue weighted by atomic mass is 32.1. The van der Waals surface area contributed by atoms with E-state index in [1.165, 1.54) is 17.0 Å². The Morgan fingerprint density at radius 3 is 2.67 bits per heavy atom. The third-order valence-electron chi connectivity index (χ3n) is 5.17. The number of hydrogen-bond acceptors (Lipinski definition) is 5. The maximum Gasteiger partial charge on any atom is 0.280 e. The van der Waals surface area contributed by atoms with Crippen LogP contribution in [0.1, 0.15) is 17.5 Å². The number of hydrogen-bond donors (Lipinski definition) is 0. The van der Waals surface area contributed by atoms with Gasteiger partial charge in [-0.2, -0.15) is 5.10 Å². The zero-order chi connectivity index (χ0) is 20.7. The van der Waals surface area contributed by atoms with Crippen molar-refractivity contribution in [1.82, 2.24) is 24.4 Å². The molecule has 5 aromatic rings. The van der Waals surface area contributed by atoms with E-state index in [2.05, 4.69) is 21.4 Å². The maximum atomic E-state index is 13.4. The van der Waals surface area contributed by atoms with Gasteiger partial charge in [-0.15, -0.1) is 21.5 Å². The SMILES string of the molecule is CCc1nn2c(nnc3c(=O)n(CCc4cccs4)ccc32)c1-c1ccc(F)cc1. The highest BCUT2D eigenvalue weighted by Gasteiger charge is 2.18. The van der Waals surface area contributed by atoms with Crippen LogP contribution < -0.4 is 5.56 Å². The van der Waals surface area contributed by atoms with Gasteiger partial charge in [-0.25, -0.2) is 8.91 Å². The average Bonchev–Trinajstić information content (AvgIpc) is 3.41. The van der Waals surface area contributed by atoms with Gasteiger partial charge < -0.3 is 4.57 Å². The van der Waals surface area contributed by atoms with Gasteiger partial charge in [-0.1, -0.05) is 25.1 Å². The van der Waals surface area contributed by atoms with Crippen LogP contribution in [0.4, 0.5) is 4.39 Å². The molecule has 4 aromatic heterocycles. The zero-order valence-electron chi connectivity index (χ0n) is 16.2. The number of rotatable bonds is 5.